The van der Waals surface area contributed by atoms with E-state index in [9.17, 15) is 4.79 Å². The van der Waals surface area contributed by atoms with Crippen LogP contribution in [0.25, 0.3) is 11.0 Å². The molecular formula is C21H18N4O. The van der Waals surface area contributed by atoms with Gasteiger partial charge in [-0.05, 0) is 48.9 Å². The highest BCUT2D eigenvalue weighted by molar-refractivity contribution is 6.04. The number of amides is 1. The number of benzene rings is 3. The van der Waals surface area contributed by atoms with Gasteiger partial charge in [-0.3, -0.25) is 4.79 Å². The van der Waals surface area contributed by atoms with Crippen LogP contribution < -0.4 is 5.32 Å². The number of carbonyl (C=O) groups is 1. The Morgan fingerprint density at radius 2 is 1.69 bits per heavy atom. The molecule has 4 rings (SSSR count). The van der Waals surface area contributed by atoms with Gasteiger partial charge in [0.1, 0.15) is 5.52 Å². The lowest BCUT2D eigenvalue weighted by molar-refractivity contribution is 0.102. The Bertz CT molecular complexity index is 1050. The molecule has 5 heteroatoms. The van der Waals surface area contributed by atoms with Crippen molar-refractivity contribution in [3.05, 3.63) is 89.5 Å². The summed E-state index contributed by atoms with van der Waals surface area (Å²) in [5.41, 5.74) is 5.52. The highest BCUT2D eigenvalue weighted by Crippen LogP contribution is 2.15. The van der Waals surface area contributed by atoms with Crippen molar-refractivity contribution in [2.24, 2.45) is 0 Å². The first-order valence-corrected chi connectivity index (χ1v) is 8.44. The van der Waals surface area contributed by atoms with E-state index in [1.165, 1.54) is 0 Å². The van der Waals surface area contributed by atoms with Crippen molar-refractivity contribution in [2.75, 3.05) is 5.32 Å². The van der Waals surface area contributed by atoms with Crippen LogP contribution in [0, 0.1) is 6.92 Å². The van der Waals surface area contributed by atoms with E-state index in [-0.39, 0.29) is 5.91 Å². The summed E-state index contributed by atoms with van der Waals surface area (Å²) in [4.78, 5) is 12.3. The minimum absolute atomic E-state index is 0.111. The molecule has 0 saturated carbocycles. The molecule has 0 spiro atoms. The Labute approximate surface area is 151 Å². The summed E-state index contributed by atoms with van der Waals surface area (Å²) < 4.78 is 1.87. The number of aryl methyl sites for hydroxylation is 1. The SMILES string of the molecule is Cc1ccc(C(=O)Nc2ccc(Cn3nnc4ccccc43)cc2)cc1. The van der Waals surface area contributed by atoms with E-state index in [2.05, 4.69) is 15.6 Å². The van der Waals surface area contributed by atoms with E-state index < -0.39 is 0 Å². The standard InChI is InChI=1S/C21H18N4O/c1-15-6-10-17(11-7-15)21(26)22-18-12-8-16(9-13-18)14-25-20-5-3-2-4-19(20)23-24-25/h2-13H,14H2,1H3,(H,22,26). The van der Waals surface area contributed by atoms with Crippen LogP contribution in [-0.4, -0.2) is 20.9 Å². The van der Waals surface area contributed by atoms with Crippen molar-refractivity contribution < 1.29 is 4.79 Å². The van der Waals surface area contributed by atoms with Crippen LogP contribution in [0.15, 0.2) is 72.8 Å². The molecule has 1 N–H and O–H groups in total. The Morgan fingerprint density at radius 1 is 0.962 bits per heavy atom. The second-order valence-corrected chi connectivity index (χ2v) is 6.25. The molecule has 26 heavy (non-hydrogen) atoms. The lowest BCUT2D eigenvalue weighted by Crippen LogP contribution is -2.11. The molecule has 1 aromatic heterocycles. The zero-order chi connectivity index (χ0) is 17.9. The molecule has 3 aromatic carbocycles. The van der Waals surface area contributed by atoms with Gasteiger partial charge in [-0.25, -0.2) is 4.68 Å². The van der Waals surface area contributed by atoms with E-state index >= 15 is 0 Å². The van der Waals surface area contributed by atoms with Crippen molar-refractivity contribution in [1.82, 2.24) is 15.0 Å². The van der Waals surface area contributed by atoms with Gasteiger partial charge < -0.3 is 5.32 Å². The predicted molar refractivity (Wildman–Crippen MR) is 102 cm³/mol. The van der Waals surface area contributed by atoms with Gasteiger partial charge in [0.15, 0.2) is 0 Å². The number of carbonyl (C=O) groups excluding carboxylic acids is 1. The summed E-state index contributed by atoms with van der Waals surface area (Å²) in [6.45, 7) is 2.63. The van der Waals surface area contributed by atoms with E-state index in [0.717, 1.165) is 27.8 Å². The number of nitrogens with zero attached hydrogens (tertiary/aromatic N) is 3. The molecule has 0 unspecified atom stereocenters. The fourth-order valence-electron chi connectivity index (χ4n) is 2.81. The molecule has 0 radical (unpaired) electrons. The average molecular weight is 342 g/mol. The fourth-order valence-corrected chi connectivity index (χ4v) is 2.81. The number of aromatic nitrogens is 3. The van der Waals surface area contributed by atoms with E-state index in [4.69, 9.17) is 0 Å². The third-order valence-corrected chi connectivity index (χ3v) is 4.28. The van der Waals surface area contributed by atoms with Crippen LogP contribution in [0.2, 0.25) is 0 Å². The normalized spacial score (nSPS) is 10.8. The number of nitrogens with one attached hydrogen (secondary N) is 1. The minimum atomic E-state index is -0.111. The second-order valence-electron chi connectivity index (χ2n) is 6.25. The summed E-state index contributed by atoms with van der Waals surface area (Å²) in [5.74, 6) is -0.111. The zero-order valence-electron chi connectivity index (χ0n) is 14.4. The summed E-state index contributed by atoms with van der Waals surface area (Å²) >= 11 is 0. The van der Waals surface area contributed by atoms with Crippen LogP contribution in [0.4, 0.5) is 5.69 Å². The molecule has 0 aliphatic carbocycles. The van der Waals surface area contributed by atoms with Gasteiger partial charge in [-0.15, -0.1) is 5.10 Å². The highest BCUT2D eigenvalue weighted by atomic mass is 16.1. The quantitative estimate of drug-likeness (QED) is 0.609. The van der Waals surface area contributed by atoms with Gasteiger partial charge in [0.2, 0.25) is 0 Å². The highest BCUT2D eigenvalue weighted by Gasteiger charge is 2.07. The second kappa shape index (κ2) is 6.80. The first-order valence-electron chi connectivity index (χ1n) is 8.44. The molecular weight excluding hydrogens is 324 g/mol. The van der Waals surface area contributed by atoms with E-state index in [1.807, 2.05) is 84.4 Å². The van der Waals surface area contributed by atoms with Gasteiger partial charge in [0.25, 0.3) is 5.91 Å². The van der Waals surface area contributed by atoms with E-state index in [0.29, 0.717) is 12.1 Å². The Kier molecular flexibility index (Phi) is 4.19. The van der Waals surface area contributed by atoms with Gasteiger partial charge in [-0.2, -0.15) is 0 Å². The third kappa shape index (κ3) is 3.32. The predicted octanol–water partition coefficient (Wildman–Crippen LogP) is 4.04. The van der Waals surface area contributed by atoms with Crippen molar-refractivity contribution in [1.29, 1.82) is 0 Å². The first-order chi connectivity index (χ1) is 12.7. The van der Waals surface area contributed by atoms with Crippen LogP contribution in [-0.2, 0) is 6.54 Å². The minimum Gasteiger partial charge on any atom is -0.322 e. The smallest absolute Gasteiger partial charge is 0.255 e. The Hall–Kier alpha value is -3.47. The number of rotatable bonds is 4. The fraction of sp³-hybridized carbons (Fsp3) is 0.0952. The van der Waals surface area contributed by atoms with Crippen molar-refractivity contribution >= 4 is 22.6 Å². The third-order valence-electron chi connectivity index (χ3n) is 4.28. The van der Waals surface area contributed by atoms with Crippen molar-refractivity contribution in [3.8, 4) is 0 Å². The zero-order valence-corrected chi connectivity index (χ0v) is 14.4. The van der Waals surface area contributed by atoms with Crippen molar-refractivity contribution in [3.63, 3.8) is 0 Å². The van der Waals surface area contributed by atoms with E-state index in [1.54, 1.807) is 0 Å². The van der Waals surface area contributed by atoms with Gasteiger partial charge in [-0.1, -0.05) is 47.2 Å². The average Bonchev–Trinajstić information content (AvgIpc) is 3.07. The van der Waals surface area contributed by atoms with Crippen LogP contribution in [0.1, 0.15) is 21.5 Å². The molecule has 128 valence electrons. The lowest BCUT2D eigenvalue weighted by atomic mass is 10.1. The molecule has 0 atom stereocenters. The molecule has 0 aliphatic heterocycles. The summed E-state index contributed by atoms with van der Waals surface area (Å²) in [5, 5.41) is 11.3. The van der Waals surface area contributed by atoms with Crippen molar-refractivity contribution in [2.45, 2.75) is 13.5 Å². The molecule has 1 heterocycles. The molecule has 0 aliphatic rings. The maximum Gasteiger partial charge on any atom is 0.255 e. The summed E-state index contributed by atoms with van der Waals surface area (Å²) in [7, 11) is 0. The Balaban J connectivity index is 1.46. The largest absolute Gasteiger partial charge is 0.322 e. The molecule has 0 bridgehead atoms. The number of anilines is 1. The number of hydrogen-bond acceptors (Lipinski definition) is 3. The Morgan fingerprint density at radius 3 is 2.46 bits per heavy atom. The molecule has 0 fully saturated rings. The molecule has 1 amide bonds. The van der Waals surface area contributed by atoms with Crippen LogP contribution >= 0.6 is 0 Å². The van der Waals surface area contributed by atoms with Gasteiger partial charge in [0.05, 0.1) is 12.1 Å². The molecule has 4 aromatic rings. The van der Waals surface area contributed by atoms with Crippen LogP contribution in [0.5, 0.6) is 0 Å². The van der Waals surface area contributed by atoms with Gasteiger partial charge in [0, 0.05) is 11.3 Å². The lowest BCUT2D eigenvalue weighted by Gasteiger charge is -2.07. The van der Waals surface area contributed by atoms with Crippen LogP contribution in [0.3, 0.4) is 0 Å². The number of hydrogen-bond donors (Lipinski definition) is 1. The maximum atomic E-state index is 12.3. The maximum absolute atomic E-state index is 12.3. The first kappa shape index (κ1) is 16.0. The molecule has 5 nitrogen and oxygen atoms in total. The number of para-hydroxylation sites is 1. The summed E-state index contributed by atoms with van der Waals surface area (Å²) in [6.07, 6.45) is 0. The van der Waals surface area contributed by atoms with Gasteiger partial charge >= 0.3 is 0 Å². The topological polar surface area (TPSA) is 59.8 Å². The number of fused-ring (bicyclic) bond motifs is 1. The monoisotopic (exact) mass is 342 g/mol. The molecule has 0 saturated heterocycles. The summed E-state index contributed by atoms with van der Waals surface area (Å²) in [6, 6.07) is 23.2.